The number of unbranched alkanes of at least 4 members (excludes halogenated alkanes) is 2. The second kappa shape index (κ2) is 29.7. The zero-order valence-electron chi connectivity index (χ0n) is 43.0. The molecule has 5 aromatic rings. The van der Waals surface area contributed by atoms with Crippen molar-refractivity contribution in [3.8, 4) is 17.1 Å². The average Bonchev–Trinajstić information content (AvgIpc) is 3.94. The van der Waals surface area contributed by atoms with Gasteiger partial charge in [-0.3, -0.25) is 28.9 Å². The summed E-state index contributed by atoms with van der Waals surface area (Å²) >= 11 is 0. The Bertz CT molecular complexity index is 2730. The first-order chi connectivity index (χ1) is 36.8. The molecule has 0 bridgehead atoms. The highest BCUT2D eigenvalue weighted by atomic mass is 16.7. The molecule has 1 aromatic heterocycles. The number of furan rings is 1. The van der Waals surface area contributed by atoms with Crippen molar-refractivity contribution < 1.29 is 66.6 Å². The molecule has 2 heterocycles. The number of ketones is 1. The number of nitrogens with one attached hydrogen (secondary N) is 3. The number of ether oxygens (including phenoxy) is 4. The Morgan fingerprint density at radius 2 is 1.45 bits per heavy atom. The molecule has 402 valence electrons. The molecule has 19 heteroatoms. The van der Waals surface area contributed by atoms with Gasteiger partial charge in [-0.15, -0.1) is 0 Å². The maximum absolute atomic E-state index is 13.9. The summed E-state index contributed by atoms with van der Waals surface area (Å²) in [5.74, 6) is -5.61. The molecule has 1 aliphatic heterocycles. The quantitative estimate of drug-likeness (QED) is 0.0148. The van der Waals surface area contributed by atoms with E-state index in [4.69, 9.17) is 28.2 Å². The normalized spacial score (nSPS) is 13.5. The minimum atomic E-state index is -1.36. The fourth-order valence-corrected chi connectivity index (χ4v) is 8.32. The van der Waals surface area contributed by atoms with Crippen molar-refractivity contribution >= 4 is 47.8 Å². The summed E-state index contributed by atoms with van der Waals surface area (Å²) < 4.78 is 28.0. The molecule has 4 amide bonds. The number of benzene rings is 4. The van der Waals surface area contributed by atoms with E-state index < -0.39 is 60.2 Å². The minimum Gasteiger partial charge on any atom is -0.481 e. The largest absolute Gasteiger partial charge is 0.481 e. The molecule has 3 N–H and O–H groups in total. The van der Waals surface area contributed by atoms with Crippen LogP contribution in [0.3, 0.4) is 0 Å². The zero-order chi connectivity index (χ0) is 54.2. The van der Waals surface area contributed by atoms with Crippen molar-refractivity contribution in [1.82, 2.24) is 25.9 Å². The van der Waals surface area contributed by atoms with Crippen LogP contribution in [0.15, 0.2) is 120 Å². The van der Waals surface area contributed by atoms with E-state index >= 15 is 0 Å². The van der Waals surface area contributed by atoms with Crippen molar-refractivity contribution in [2.45, 2.75) is 91.1 Å². The molecule has 0 unspecified atom stereocenters. The van der Waals surface area contributed by atoms with Gasteiger partial charge in [0.15, 0.2) is 12.4 Å². The molecule has 0 radical (unpaired) electrons. The molecular weight excluding hydrogens is 979 g/mol. The fourth-order valence-electron chi connectivity index (χ4n) is 8.32. The third-order valence-electron chi connectivity index (χ3n) is 12.4. The predicted octanol–water partition coefficient (Wildman–Crippen LogP) is 6.73. The van der Waals surface area contributed by atoms with Crippen molar-refractivity contribution in [1.29, 1.82) is 0 Å². The van der Waals surface area contributed by atoms with E-state index in [9.17, 15) is 38.4 Å². The fraction of sp³-hybridized carbons (Fsp3) is 0.368. The maximum Gasteiger partial charge on any atom is 0.363 e. The molecule has 19 nitrogen and oxygen atoms in total. The van der Waals surface area contributed by atoms with Crippen LogP contribution in [-0.4, -0.2) is 109 Å². The van der Waals surface area contributed by atoms with Gasteiger partial charge in [0.25, 0.3) is 11.8 Å². The Morgan fingerprint density at radius 3 is 2.09 bits per heavy atom. The predicted molar refractivity (Wildman–Crippen MR) is 277 cm³/mol. The van der Waals surface area contributed by atoms with E-state index in [2.05, 4.69) is 20.9 Å². The number of carbonyl (C=O) groups excluding carboxylic acids is 8. The van der Waals surface area contributed by atoms with Crippen LogP contribution in [0.1, 0.15) is 107 Å². The van der Waals surface area contributed by atoms with Gasteiger partial charge in [0, 0.05) is 31.6 Å². The van der Waals surface area contributed by atoms with Crippen LogP contribution in [0.5, 0.6) is 5.75 Å². The van der Waals surface area contributed by atoms with Crippen molar-refractivity contribution in [2.75, 3.05) is 39.6 Å². The molecule has 6 rings (SSSR count). The number of hydroxylamine groups is 2. The topological polar surface area (TPSA) is 238 Å². The van der Waals surface area contributed by atoms with Crippen molar-refractivity contribution in [3.05, 3.63) is 149 Å². The van der Waals surface area contributed by atoms with E-state index in [-0.39, 0.29) is 66.9 Å². The van der Waals surface area contributed by atoms with E-state index in [1.807, 2.05) is 31.2 Å². The number of esters is 2. The lowest BCUT2D eigenvalue weighted by Crippen LogP contribution is -2.49. The molecule has 1 fully saturated rings. The van der Waals surface area contributed by atoms with Gasteiger partial charge in [-0.2, -0.15) is 5.06 Å². The summed E-state index contributed by atoms with van der Waals surface area (Å²) in [4.78, 5) is 113. The van der Waals surface area contributed by atoms with E-state index in [0.717, 1.165) is 42.1 Å². The van der Waals surface area contributed by atoms with Gasteiger partial charge in [-0.1, -0.05) is 112 Å². The number of hydrogen-bond acceptors (Lipinski definition) is 15. The standard InChI is InChI=1S/C57H65N5O14/c1-4-6-9-18-45(48(5-2)62(38-63)76-56(69)43-21-19-40(20-22-43)33-61-27-29-71-30-28-61)53(66)58-37-59-55(68)50-26-25-49(75-50)44-23-24-46(51(32-44)72-36-52(65)73-34-41-14-10-7-11-15-41)54(67)60-47(31-39(3)64)57(70)74-35-42-16-12-8-13-17-42/h7-8,10-17,19-26,32,38,45,47-48H,4-6,9,18,27-31,33-37H2,1-3H3,(H,58,66)(H,59,68)(H,60,67)/t45-,47+,48-/m1/s1. The summed E-state index contributed by atoms with van der Waals surface area (Å²) in [6, 6.07) is 29.8. The van der Waals surface area contributed by atoms with E-state index in [0.29, 0.717) is 50.1 Å². The van der Waals surface area contributed by atoms with Crippen LogP contribution in [-0.2, 0) is 62.8 Å². The first-order valence-electron chi connectivity index (χ1n) is 25.3. The van der Waals surface area contributed by atoms with Gasteiger partial charge in [0.1, 0.15) is 36.5 Å². The second-order valence-electron chi connectivity index (χ2n) is 18.1. The van der Waals surface area contributed by atoms with Crippen LogP contribution in [0.4, 0.5) is 0 Å². The summed E-state index contributed by atoms with van der Waals surface area (Å²) in [6.45, 7) is 7.67. The van der Waals surface area contributed by atoms with Gasteiger partial charge in [0.2, 0.25) is 12.3 Å². The molecule has 1 aliphatic rings. The molecule has 0 spiro atoms. The summed E-state index contributed by atoms with van der Waals surface area (Å²) in [7, 11) is 0. The van der Waals surface area contributed by atoms with Gasteiger partial charge in [-0.25, -0.2) is 14.4 Å². The molecule has 3 atom stereocenters. The lowest BCUT2D eigenvalue weighted by Gasteiger charge is -2.31. The van der Waals surface area contributed by atoms with Crippen LogP contribution in [0.25, 0.3) is 11.3 Å². The number of carbonyl (C=O) groups is 8. The van der Waals surface area contributed by atoms with Gasteiger partial charge < -0.3 is 44.2 Å². The number of hydrogen-bond donors (Lipinski definition) is 3. The Labute approximate surface area is 441 Å². The number of nitrogens with zero attached hydrogens (tertiary/aromatic N) is 2. The molecule has 0 saturated carbocycles. The highest BCUT2D eigenvalue weighted by Crippen LogP contribution is 2.30. The third-order valence-corrected chi connectivity index (χ3v) is 12.4. The summed E-state index contributed by atoms with van der Waals surface area (Å²) in [5, 5.41) is 8.81. The number of morpholine rings is 1. The Hall–Kier alpha value is -8.16. The highest BCUT2D eigenvalue weighted by Gasteiger charge is 2.34. The van der Waals surface area contributed by atoms with Gasteiger partial charge >= 0.3 is 17.9 Å². The van der Waals surface area contributed by atoms with Gasteiger partial charge in [0.05, 0.1) is 43.0 Å². The van der Waals surface area contributed by atoms with Gasteiger partial charge in [-0.05, 0) is 72.9 Å². The van der Waals surface area contributed by atoms with E-state index in [1.54, 1.807) is 67.6 Å². The Balaban J connectivity index is 1.10. The Morgan fingerprint density at radius 1 is 0.763 bits per heavy atom. The lowest BCUT2D eigenvalue weighted by atomic mass is 9.90. The lowest BCUT2D eigenvalue weighted by molar-refractivity contribution is -0.171. The zero-order valence-corrected chi connectivity index (χ0v) is 43.0. The van der Waals surface area contributed by atoms with Crippen LogP contribution < -0.4 is 20.7 Å². The summed E-state index contributed by atoms with van der Waals surface area (Å²) in [5.41, 5.74) is 2.90. The SMILES string of the molecule is CCCCC[C@@H](C(=O)NCNC(=O)c1ccc(-c2ccc(C(=O)N[C@@H](CC(C)=O)C(=O)OCc3ccccc3)c(OCC(=O)OCc3ccccc3)c2)o1)[C@@H](CC)N(C=O)OC(=O)c1ccc(CN2CCOCC2)cc1. The number of amides is 4. The van der Waals surface area contributed by atoms with Crippen molar-refractivity contribution in [3.63, 3.8) is 0 Å². The Kier molecular flexibility index (Phi) is 22.3. The average molecular weight is 1040 g/mol. The number of rotatable bonds is 29. The monoisotopic (exact) mass is 1040 g/mol. The third kappa shape index (κ3) is 17.5. The second-order valence-corrected chi connectivity index (χ2v) is 18.1. The van der Waals surface area contributed by atoms with Crippen LogP contribution in [0.2, 0.25) is 0 Å². The molecule has 1 saturated heterocycles. The smallest absolute Gasteiger partial charge is 0.363 e. The molecule has 76 heavy (non-hydrogen) atoms. The highest BCUT2D eigenvalue weighted by molar-refractivity contribution is 6.01. The number of Topliss-reactive ketones (excluding diaryl/α,β-unsaturated/α-hetero) is 1. The van der Waals surface area contributed by atoms with E-state index in [1.165, 1.54) is 37.3 Å². The first kappa shape index (κ1) is 57.1. The summed E-state index contributed by atoms with van der Waals surface area (Å²) in [6.07, 6.45) is 3.01. The van der Waals surface area contributed by atoms with Crippen LogP contribution in [0, 0.1) is 5.92 Å². The van der Waals surface area contributed by atoms with Crippen LogP contribution >= 0.6 is 0 Å². The van der Waals surface area contributed by atoms with Crippen molar-refractivity contribution in [2.24, 2.45) is 5.92 Å². The molecule has 0 aliphatic carbocycles. The molecule has 4 aromatic carbocycles. The first-order valence-corrected chi connectivity index (χ1v) is 25.3. The minimum absolute atomic E-state index is 0.0311. The molecular formula is C57H65N5O14. The maximum atomic E-state index is 13.9.